The van der Waals surface area contributed by atoms with Gasteiger partial charge >= 0.3 is 0 Å². The molecule has 7 heteroatoms. The van der Waals surface area contributed by atoms with E-state index >= 15 is 0 Å². The highest BCUT2D eigenvalue weighted by atomic mass is 16.5. The minimum Gasteiger partial charge on any atom is -0.493 e. The third kappa shape index (κ3) is 6.15. The van der Waals surface area contributed by atoms with Crippen LogP contribution in [-0.4, -0.2) is 52.6 Å². The molecule has 204 valence electrons. The van der Waals surface area contributed by atoms with Gasteiger partial charge in [-0.2, -0.15) is 0 Å². The van der Waals surface area contributed by atoms with E-state index in [1.165, 1.54) is 10.9 Å². The van der Waals surface area contributed by atoms with E-state index in [-0.39, 0.29) is 0 Å². The van der Waals surface area contributed by atoms with Crippen molar-refractivity contribution in [3.05, 3.63) is 90.9 Å². The molecule has 7 nitrogen and oxygen atoms in total. The molecule has 0 saturated carbocycles. The largest absolute Gasteiger partial charge is 0.493 e. The average molecular weight is 533 g/mol. The van der Waals surface area contributed by atoms with Crippen molar-refractivity contribution in [2.24, 2.45) is 5.92 Å². The average Bonchev–Trinajstić information content (AvgIpc) is 3.01. The number of hydrogen-bond donors (Lipinski definition) is 2. The number of benzene rings is 3. The molecule has 0 atom stereocenters. The molecule has 3 heterocycles. The second kappa shape index (κ2) is 12.3. The van der Waals surface area contributed by atoms with E-state index in [4.69, 9.17) is 4.74 Å². The Hall–Kier alpha value is -4.23. The van der Waals surface area contributed by atoms with Crippen LogP contribution in [0.1, 0.15) is 25.3 Å². The highest BCUT2D eigenvalue weighted by Crippen LogP contribution is 2.28. The number of likely N-dealkylation sites (tertiary alicyclic amines) is 1. The van der Waals surface area contributed by atoms with Crippen molar-refractivity contribution in [1.82, 2.24) is 19.9 Å². The molecule has 3 aromatic carbocycles. The van der Waals surface area contributed by atoms with Crippen molar-refractivity contribution < 1.29 is 4.74 Å². The number of pyridine rings is 1. The minimum absolute atomic E-state index is 0.567. The Balaban J connectivity index is 0.981. The fourth-order valence-electron chi connectivity index (χ4n) is 5.42. The molecule has 0 amide bonds. The zero-order valence-electron chi connectivity index (χ0n) is 23.0. The third-order valence-electron chi connectivity index (χ3n) is 7.79. The zero-order chi connectivity index (χ0) is 27.1. The number of aromatic nitrogens is 3. The number of hydrogen-bond acceptors (Lipinski definition) is 7. The van der Waals surface area contributed by atoms with Crippen molar-refractivity contribution in [2.75, 3.05) is 43.4 Å². The summed E-state index contributed by atoms with van der Waals surface area (Å²) in [5.74, 6) is 2.24. The number of rotatable bonds is 10. The Labute approximate surface area is 235 Å². The lowest BCUT2D eigenvalue weighted by Crippen LogP contribution is -2.38. The summed E-state index contributed by atoms with van der Waals surface area (Å²) in [6.45, 7) is 7.07. The molecule has 1 fully saturated rings. The van der Waals surface area contributed by atoms with Gasteiger partial charge in [-0.1, -0.05) is 37.3 Å². The summed E-state index contributed by atoms with van der Waals surface area (Å²) in [6.07, 6.45) is 6.79. The van der Waals surface area contributed by atoms with Crippen LogP contribution < -0.4 is 15.4 Å². The summed E-state index contributed by atoms with van der Waals surface area (Å²) in [5.41, 5.74) is 5.39. The predicted molar refractivity (Wildman–Crippen MR) is 164 cm³/mol. The third-order valence-corrected chi connectivity index (χ3v) is 7.79. The maximum Gasteiger partial charge on any atom is 0.141 e. The highest BCUT2D eigenvalue weighted by molar-refractivity contribution is 5.92. The summed E-state index contributed by atoms with van der Waals surface area (Å²) in [5, 5.41) is 9.23. The molecule has 2 N–H and O–H groups in total. The van der Waals surface area contributed by atoms with Gasteiger partial charge in [0.1, 0.15) is 17.9 Å². The van der Waals surface area contributed by atoms with Gasteiger partial charge in [-0.25, -0.2) is 9.97 Å². The summed E-state index contributed by atoms with van der Waals surface area (Å²) in [6, 6.07) is 24.9. The quantitative estimate of drug-likeness (QED) is 0.208. The topological polar surface area (TPSA) is 75.2 Å². The summed E-state index contributed by atoms with van der Waals surface area (Å²) >= 11 is 0. The molecular formula is C33H36N6O. The first-order chi connectivity index (χ1) is 19.7. The van der Waals surface area contributed by atoms with Gasteiger partial charge in [-0.05, 0) is 80.2 Å². The molecule has 1 saturated heterocycles. The van der Waals surface area contributed by atoms with Gasteiger partial charge in [0.25, 0.3) is 0 Å². The number of nitrogens with zero attached hydrogens (tertiary/aromatic N) is 4. The number of anilines is 3. The van der Waals surface area contributed by atoms with Crippen molar-refractivity contribution in [2.45, 2.75) is 26.2 Å². The van der Waals surface area contributed by atoms with Crippen LogP contribution in [0.5, 0.6) is 5.75 Å². The molecule has 1 aliphatic heterocycles. The molecule has 1 aliphatic rings. The maximum atomic E-state index is 6.24. The molecule has 6 rings (SSSR count). The van der Waals surface area contributed by atoms with E-state index in [1.54, 1.807) is 6.33 Å². The summed E-state index contributed by atoms with van der Waals surface area (Å²) < 4.78 is 6.24. The highest BCUT2D eigenvalue weighted by Gasteiger charge is 2.20. The normalized spacial score (nSPS) is 14.4. The Morgan fingerprint density at radius 1 is 0.875 bits per heavy atom. The molecular weight excluding hydrogens is 496 g/mol. The fraction of sp³-hybridized carbons (Fsp3) is 0.303. The molecule has 0 aliphatic carbocycles. The van der Waals surface area contributed by atoms with E-state index in [0.29, 0.717) is 5.92 Å². The molecule has 0 bridgehead atoms. The monoisotopic (exact) mass is 532 g/mol. The second-order valence-electron chi connectivity index (χ2n) is 10.5. The molecule has 2 aromatic heterocycles. The Bertz CT molecular complexity index is 1580. The van der Waals surface area contributed by atoms with Crippen LogP contribution in [0.4, 0.5) is 17.2 Å². The molecule has 40 heavy (non-hydrogen) atoms. The van der Waals surface area contributed by atoms with Crippen molar-refractivity contribution in [1.29, 1.82) is 0 Å². The lowest BCUT2D eigenvalue weighted by atomic mass is 9.98. The predicted octanol–water partition coefficient (Wildman–Crippen LogP) is 6.69. The van der Waals surface area contributed by atoms with Gasteiger partial charge in [-0.15, -0.1) is 0 Å². The van der Waals surface area contributed by atoms with Gasteiger partial charge < -0.3 is 20.3 Å². The SMILES string of the molecule is CCc1cccc(Nc2ncnc3cc(OCC4CCN(CCNc5ccnc6ccccc56)CC4)ccc23)c1. The van der Waals surface area contributed by atoms with Crippen LogP contribution in [0.25, 0.3) is 21.8 Å². The van der Waals surface area contributed by atoms with E-state index < -0.39 is 0 Å². The Morgan fingerprint density at radius 3 is 2.67 bits per heavy atom. The van der Waals surface area contributed by atoms with E-state index in [1.807, 2.05) is 24.4 Å². The number of piperidine rings is 1. The standard InChI is InChI=1S/C33H36N6O/c1-2-24-6-5-7-26(20-24)38-33-29-11-10-27(21-32(29)36-23-37-33)40-22-25-13-17-39(18-14-25)19-16-35-31-12-15-34-30-9-4-3-8-28(30)31/h3-12,15,20-21,23,25H,2,13-14,16-19,22H2,1H3,(H,34,35)(H,36,37,38). The van der Waals surface area contributed by atoms with E-state index in [0.717, 1.165) is 91.4 Å². The minimum atomic E-state index is 0.567. The smallest absolute Gasteiger partial charge is 0.141 e. The lowest BCUT2D eigenvalue weighted by Gasteiger charge is -2.32. The van der Waals surface area contributed by atoms with Crippen LogP contribution in [0.2, 0.25) is 0 Å². The van der Waals surface area contributed by atoms with Gasteiger partial charge in [0, 0.05) is 47.5 Å². The van der Waals surface area contributed by atoms with E-state index in [9.17, 15) is 0 Å². The van der Waals surface area contributed by atoms with Crippen molar-refractivity contribution >= 4 is 39.0 Å². The summed E-state index contributed by atoms with van der Waals surface area (Å²) in [7, 11) is 0. The number of ether oxygens (including phenoxy) is 1. The summed E-state index contributed by atoms with van der Waals surface area (Å²) in [4.78, 5) is 16.0. The Kier molecular flexibility index (Phi) is 8.00. The van der Waals surface area contributed by atoms with Crippen LogP contribution in [-0.2, 0) is 6.42 Å². The van der Waals surface area contributed by atoms with Gasteiger partial charge in [-0.3, -0.25) is 4.98 Å². The Morgan fingerprint density at radius 2 is 1.77 bits per heavy atom. The number of fused-ring (bicyclic) bond motifs is 2. The van der Waals surface area contributed by atoms with Crippen LogP contribution in [0, 0.1) is 5.92 Å². The lowest BCUT2D eigenvalue weighted by molar-refractivity contribution is 0.145. The first-order valence-electron chi connectivity index (χ1n) is 14.3. The molecule has 0 radical (unpaired) electrons. The molecule has 0 spiro atoms. The van der Waals surface area contributed by atoms with Crippen LogP contribution in [0.3, 0.4) is 0 Å². The molecule has 0 unspecified atom stereocenters. The first-order valence-corrected chi connectivity index (χ1v) is 14.3. The second-order valence-corrected chi connectivity index (χ2v) is 10.5. The van der Waals surface area contributed by atoms with Gasteiger partial charge in [0.15, 0.2) is 0 Å². The van der Waals surface area contributed by atoms with Crippen molar-refractivity contribution in [3.63, 3.8) is 0 Å². The number of aryl methyl sites for hydroxylation is 1. The van der Waals surface area contributed by atoms with Crippen LogP contribution in [0.15, 0.2) is 85.3 Å². The molecule has 5 aromatic rings. The van der Waals surface area contributed by atoms with E-state index in [2.05, 4.69) is 92.0 Å². The van der Waals surface area contributed by atoms with Crippen molar-refractivity contribution in [3.8, 4) is 5.75 Å². The fourth-order valence-corrected chi connectivity index (χ4v) is 5.42. The maximum absolute atomic E-state index is 6.24. The first kappa shape index (κ1) is 26.0. The van der Waals surface area contributed by atoms with Crippen LogP contribution >= 0.6 is 0 Å². The van der Waals surface area contributed by atoms with Gasteiger partial charge in [0.05, 0.1) is 17.6 Å². The number of nitrogens with one attached hydrogen (secondary N) is 2. The van der Waals surface area contributed by atoms with Gasteiger partial charge in [0.2, 0.25) is 0 Å². The zero-order valence-corrected chi connectivity index (χ0v) is 23.0. The number of para-hydroxylation sites is 1.